The Hall–Kier alpha value is -4.61. The van der Waals surface area contributed by atoms with Gasteiger partial charge in [-0.05, 0) is 61.4 Å². The summed E-state index contributed by atoms with van der Waals surface area (Å²) in [7, 11) is 0. The number of fused-ring (bicyclic) bond motifs is 1. The van der Waals surface area contributed by atoms with E-state index in [1.807, 2.05) is 13.8 Å². The summed E-state index contributed by atoms with van der Waals surface area (Å²) < 4.78 is 33.5. The first-order valence-electron chi connectivity index (χ1n) is 13.4. The number of likely N-dealkylation sites (tertiary alicyclic amines) is 1. The number of aromatic nitrogens is 2. The van der Waals surface area contributed by atoms with E-state index in [4.69, 9.17) is 15.0 Å². The zero-order valence-corrected chi connectivity index (χ0v) is 22.9. The maximum Gasteiger partial charge on any atom is 0.250 e. The summed E-state index contributed by atoms with van der Waals surface area (Å²) in [5.74, 6) is -1.65. The number of nitriles is 2. The number of amides is 1. The minimum Gasteiger partial charge on any atom is -0.438 e. The minimum atomic E-state index is -2.67. The Bertz CT molecular complexity index is 1530. The lowest BCUT2D eigenvalue weighted by atomic mass is 10.0. The topological polar surface area (TPSA) is 118 Å². The van der Waals surface area contributed by atoms with E-state index in [1.165, 1.54) is 0 Å². The maximum absolute atomic E-state index is 13.6. The van der Waals surface area contributed by atoms with Gasteiger partial charge < -0.3 is 15.0 Å². The molecule has 1 N–H and O–H groups in total. The normalized spacial score (nSPS) is 16.3. The molecule has 1 saturated heterocycles. The highest BCUT2D eigenvalue weighted by atomic mass is 19.3. The van der Waals surface area contributed by atoms with E-state index in [1.54, 1.807) is 46.2 Å². The Morgan fingerprint density at radius 3 is 2.32 bits per heavy atom. The summed E-state index contributed by atoms with van der Waals surface area (Å²) in [6.45, 7) is 4.80. The van der Waals surface area contributed by atoms with Crippen molar-refractivity contribution in [3.8, 4) is 23.8 Å². The second kappa shape index (κ2) is 11.5. The summed E-state index contributed by atoms with van der Waals surface area (Å²) in [6, 6.07) is 14.6. The number of anilines is 2. The third-order valence-corrected chi connectivity index (χ3v) is 7.38. The van der Waals surface area contributed by atoms with E-state index in [0.717, 1.165) is 16.8 Å². The molecule has 5 rings (SSSR count). The molecule has 1 aromatic heterocycles. The van der Waals surface area contributed by atoms with E-state index >= 15 is 0 Å². The predicted molar refractivity (Wildman–Crippen MR) is 147 cm³/mol. The van der Waals surface area contributed by atoms with Gasteiger partial charge in [-0.25, -0.2) is 13.8 Å². The van der Waals surface area contributed by atoms with E-state index in [-0.39, 0.29) is 50.8 Å². The summed E-state index contributed by atoms with van der Waals surface area (Å²) in [5, 5.41) is 21.6. The average Bonchev–Trinajstić information content (AvgIpc) is 2.96. The van der Waals surface area contributed by atoms with Gasteiger partial charge in [-0.3, -0.25) is 9.69 Å². The van der Waals surface area contributed by atoms with Gasteiger partial charge >= 0.3 is 0 Å². The molecule has 1 fully saturated rings. The van der Waals surface area contributed by atoms with Crippen LogP contribution in [-0.4, -0.2) is 57.8 Å². The molecule has 3 heterocycles. The molecular formula is C30H29F2N7O2. The number of hydrogen-bond donors (Lipinski definition) is 1. The van der Waals surface area contributed by atoms with Crippen molar-refractivity contribution >= 4 is 17.5 Å². The molecule has 11 heteroatoms. The van der Waals surface area contributed by atoms with Crippen LogP contribution < -0.4 is 10.1 Å². The number of aryl methyl sites for hydroxylation is 2. The number of rotatable bonds is 6. The zero-order chi connectivity index (χ0) is 29.1. The lowest BCUT2D eigenvalue weighted by Gasteiger charge is -2.34. The zero-order valence-electron chi connectivity index (χ0n) is 22.9. The van der Waals surface area contributed by atoms with Crippen LogP contribution in [0.1, 0.15) is 46.4 Å². The number of benzene rings is 2. The van der Waals surface area contributed by atoms with Crippen LogP contribution in [0.25, 0.3) is 0 Å². The molecule has 0 atom stereocenters. The van der Waals surface area contributed by atoms with Gasteiger partial charge in [0, 0.05) is 44.6 Å². The second-order valence-electron chi connectivity index (χ2n) is 10.4. The van der Waals surface area contributed by atoms with Crippen molar-refractivity contribution in [2.24, 2.45) is 0 Å². The van der Waals surface area contributed by atoms with E-state index in [2.05, 4.69) is 22.4 Å². The van der Waals surface area contributed by atoms with Crippen molar-refractivity contribution in [3.63, 3.8) is 0 Å². The standard InChI is InChI=1S/C30H29F2N7O2/c1-19-13-22(16-34)14-20(2)27(19)41-28-24-17-39(26(40)18-38-11-8-30(31,32)9-12-38)10-7-25(24)36-29(37-28)35-23-5-3-21(15-33)4-6-23/h3-6,13-14H,7-12,17-18H2,1-2H3,(H,35,36,37). The Morgan fingerprint density at radius 1 is 1.02 bits per heavy atom. The number of halogens is 2. The SMILES string of the molecule is Cc1cc(C#N)cc(C)c1Oc1nc(Nc2ccc(C#N)cc2)nc2c1CN(C(=O)CN1CCC(F)(F)CC1)CC2. The highest BCUT2D eigenvalue weighted by molar-refractivity contribution is 5.78. The molecule has 210 valence electrons. The van der Waals surface area contributed by atoms with Crippen molar-refractivity contribution in [2.45, 2.75) is 45.6 Å². The van der Waals surface area contributed by atoms with Crippen LogP contribution in [0, 0.1) is 36.5 Å². The molecule has 2 aliphatic rings. The molecule has 0 aliphatic carbocycles. The van der Waals surface area contributed by atoms with Crippen molar-refractivity contribution in [1.29, 1.82) is 10.5 Å². The molecule has 3 aromatic rings. The number of nitrogens with zero attached hydrogens (tertiary/aromatic N) is 6. The molecule has 2 aliphatic heterocycles. The van der Waals surface area contributed by atoms with Gasteiger partial charge in [0.15, 0.2) is 0 Å². The van der Waals surface area contributed by atoms with Crippen LogP contribution in [0.4, 0.5) is 20.4 Å². The fraction of sp³-hybridized carbons (Fsp3) is 0.367. The minimum absolute atomic E-state index is 0.0780. The smallest absolute Gasteiger partial charge is 0.250 e. The van der Waals surface area contributed by atoms with Crippen molar-refractivity contribution in [3.05, 3.63) is 69.9 Å². The van der Waals surface area contributed by atoms with Gasteiger partial charge in [-0.2, -0.15) is 15.5 Å². The van der Waals surface area contributed by atoms with Crippen LogP contribution in [-0.2, 0) is 17.8 Å². The number of hydrogen-bond acceptors (Lipinski definition) is 8. The number of piperidine rings is 1. The van der Waals surface area contributed by atoms with Gasteiger partial charge in [0.25, 0.3) is 5.92 Å². The fourth-order valence-corrected chi connectivity index (χ4v) is 5.10. The summed E-state index contributed by atoms with van der Waals surface area (Å²) in [5.41, 5.74) is 4.68. The van der Waals surface area contributed by atoms with E-state index in [0.29, 0.717) is 47.0 Å². The number of ether oxygens (including phenoxy) is 1. The largest absolute Gasteiger partial charge is 0.438 e. The van der Waals surface area contributed by atoms with Crippen molar-refractivity contribution < 1.29 is 18.3 Å². The third-order valence-electron chi connectivity index (χ3n) is 7.38. The molecule has 2 aromatic carbocycles. The van der Waals surface area contributed by atoms with Crippen molar-refractivity contribution in [2.75, 3.05) is 31.5 Å². The Labute approximate surface area is 237 Å². The third kappa shape index (κ3) is 6.42. The Balaban J connectivity index is 1.43. The van der Waals surface area contributed by atoms with Crippen LogP contribution >= 0.6 is 0 Å². The number of nitrogens with one attached hydrogen (secondary N) is 1. The number of alkyl halides is 2. The molecule has 0 saturated carbocycles. The summed E-state index contributed by atoms with van der Waals surface area (Å²) >= 11 is 0. The van der Waals surface area contributed by atoms with Gasteiger partial charge in [0.05, 0.1) is 47.6 Å². The first kappa shape index (κ1) is 27.9. The Morgan fingerprint density at radius 2 is 1.68 bits per heavy atom. The molecule has 9 nitrogen and oxygen atoms in total. The quantitative estimate of drug-likeness (QED) is 0.451. The molecular weight excluding hydrogens is 528 g/mol. The summed E-state index contributed by atoms with van der Waals surface area (Å²) in [4.78, 5) is 26.0. The molecule has 41 heavy (non-hydrogen) atoms. The lowest BCUT2D eigenvalue weighted by Crippen LogP contribution is -2.47. The molecule has 0 bridgehead atoms. The lowest BCUT2D eigenvalue weighted by molar-refractivity contribution is -0.135. The molecule has 0 unspecified atom stereocenters. The van der Waals surface area contributed by atoms with Gasteiger partial charge in [0.1, 0.15) is 5.75 Å². The maximum atomic E-state index is 13.6. The van der Waals surface area contributed by atoms with E-state index < -0.39 is 5.92 Å². The highest BCUT2D eigenvalue weighted by Gasteiger charge is 2.35. The van der Waals surface area contributed by atoms with Crippen LogP contribution in [0.2, 0.25) is 0 Å². The van der Waals surface area contributed by atoms with Crippen LogP contribution in [0.15, 0.2) is 36.4 Å². The fourth-order valence-electron chi connectivity index (χ4n) is 5.10. The van der Waals surface area contributed by atoms with Crippen molar-refractivity contribution in [1.82, 2.24) is 19.8 Å². The second-order valence-corrected chi connectivity index (χ2v) is 10.4. The molecule has 1 amide bonds. The van der Waals surface area contributed by atoms with Gasteiger partial charge in [-0.15, -0.1) is 0 Å². The monoisotopic (exact) mass is 557 g/mol. The first-order chi connectivity index (χ1) is 19.6. The molecule has 0 radical (unpaired) electrons. The summed E-state index contributed by atoms with van der Waals surface area (Å²) in [6.07, 6.45) is -0.0219. The number of carbonyl (C=O) groups excluding carboxylic acids is 1. The number of carbonyl (C=O) groups is 1. The highest BCUT2D eigenvalue weighted by Crippen LogP contribution is 2.35. The van der Waals surface area contributed by atoms with Gasteiger partial charge in [-0.1, -0.05) is 0 Å². The van der Waals surface area contributed by atoms with E-state index in [9.17, 15) is 18.8 Å². The average molecular weight is 558 g/mol. The predicted octanol–water partition coefficient (Wildman–Crippen LogP) is 4.99. The van der Waals surface area contributed by atoms with Crippen LogP contribution in [0.3, 0.4) is 0 Å². The Kier molecular flexibility index (Phi) is 7.82. The molecule has 0 spiro atoms. The van der Waals surface area contributed by atoms with Gasteiger partial charge in [0.2, 0.25) is 17.7 Å². The first-order valence-corrected chi connectivity index (χ1v) is 13.4. The van der Waals surface area contributed by atoms with Crippen LogP contribution in [0.5, 0.6) is 11.6 Å².